The van der Waals surface area contributed by atoms with E-state index in [9.17, 15) is 4.79 Å². The van der Waals surface area contributed by atoms with Crippen molar-refractivity contribution in [3.8, 4) is 0 Å². The fourth-order valence-corrected chi connectivity index (χ4v) is 4.86. The van der Waals surface area contributed by atoms with Crippen LogP contribution in [0.2, 0.25) is 0 Å². The molecule has 4 rings (SSSR count). The first-order valence-corrected chi connectivity index (χ1v) is 9.63. The molecule has 1 fully saturated rings. The van der Waals surface area contributed by atoms with Crippen LogP contribution in [0.3, 0.4) is 0 Å². The number of thioether (sulfide) groups is 1. The fourth-order valence-electron chi connectivity index (χ4n) is 4.27. The van der Waals surface area contributed by atoms with E-state index < -0.39 is 0 Å². The standard InChI is InChI=1S/C19H22N4OS/c1-18(2)13-9-10-19(18,3)16-15(13)21-17(23-22-16)25-11-14(24)20-12-7-5-4-6-8-12/h4-8,13H,9-11H2,1-3H3,(H,20,24)/t13-,19+/m0/s1. The van der Waals surface area contributed by atoms with Crippen molar-refractivity contribution in [2.24, 2.45) is 5.41 Å². The SMILES string of the molecule is CC1(C)[C@H]2CC[C@]1(C)c1nnc(SCC(=O)Nc3ccccc3)nc12. The number of carbonyl (C=O) groups excluding carboxylic acids is 1. The number of hydrogen-bond acceptors (Lipinski definition) is 5. The van der Waals surface area contributed by atoms with Gasteiger partial charge >= 0.3 is 0 Å². The molecule has 2 aliphatic carbocycles. The summed E-state index contributed by atoms with van der Waals surface area (Å²) in [6, 6.07) is 9.45. The number of para-hydroxylation sites is 1. The molecular weight excluding hydrogens is 332 g/mol. The van der Waals surface area contributed by atoms with Crippen LogP contribution in [0.25, 0.3) is 0 Å². The number of anilines is 1. The monoisotopic (exact) mass is 354 g/mol. The maximum Gasteiger partial charge on any atom is 0.234 e. The average Bonchev–Trinajstić information content (AvgIpc) is 2.93. The highest BCUT2D eigenvalue weighted by molar-refractivity contribution is 7.99. The molecule has 6 heteroatoms. The number of hydrogen-bond donors (Lipinski definition) is 1. The lowest BCUT2D eigenvalue weighted by molar-refractivity contribution is -0.113. The number of aromatic nitrogens is 3. The Labute approximate surface area is 152 Å². The van der Waals surface area contributed by atoms with E-state index in [0.717, 1.165) is 29.9 Å². The summed E-state index contributed by atoms with van der Waals surface area (Å²) < 4.78 is 0. The Morgan fingerprint density at radius 2 is 2.00 bits per heavy atom. The Balaban J connectivity index is 1.46. The van der Waals surface area contributed by atoms with Gasteiger partial charge in [0.1, 0.15) is 0 Å². The lowest BCUT2D eigenvalue weighted by Gasteiger charge is -2.33. The van der Waals surface area contributed by atoms with Crippen molar-refractivity contribution in [2.45, 2.75) is 50.1 Å². The first-order valence-electron chi connectivity index (χ1n) is 8.64. The van der Waals surface area contributed by atoms with Crippen LogP contribution in [-0.2, 0) is 10.2 Å². The minimum absolute atomic E-state index is 0.0610. The van der Waals surface area contributed by atoms with Gasteiger partial charge in [-0.1, -0.05) is 50.7 Å². The molecule has 1 heterocycles. The van der Waals surface area contributed by atoms with Gasteiger partial charge < -0.3 is 5.32 Å². The van der Waals surface area contributed by atoms with Gasteiger partial charge in [-0.25, -0.2) is 4.98 Å². The molecule has 130 valence electrons. The Kier molecular flexibility index (Phi) is 3.83. The van der Waals surface area contributed by atoms with Gasteiger partial charge in [0.25, 0.3) is 0 Å². The number of rotatable bonds is 4. The summed E-state index contributed by atoms with van der Waals surface area (Å²) in [5.74, 6) is 0.662. The molecule has 1 aromatic carbocycles. The van der Waals surface area contributed by atoms with Crippen LogP contribution in [0.15, 0.2) is 35.5 Å². The number of fused-ring (bicyclic) bond motifs is 5. The molecule has 0 aliphatic heterocycles. The van der Waals surface area contributed by atoms with Crippen LogP contribution in [0.4, 0.5) is 5.69 Å². The number of nitrogens with one attached hydrogen (secondary N) is 1. The van der Waals surface area contributed by atoms with Crippen LogP contribution < -0.4 is 5.32 Å². The van der Waals surface area contributed by atoms with E-state index in [1.807, 2.05) is 30.3 Å². The van der Waals surface area contributed by atoms with Crippen molar-refractivity contribution in [1.29, 1.82) is 0 Å². The van der Waals surface area contributed by atoms with Gasteiger partial charge in [0, 0.05) is 17.0 Å². The second-order valence-corrected chi connectivity index (χ2v) is 8.62. The Morgan fingerprint density at radius 3 is 2.76 bits per heavy atom. The summed E-state index contributed by atoms with van der Waals surface area (Å²) in [5, 5.41) is 12.3. The zero-order chi connectivity index (χ0) is 17.7. The molecule has 2 aliphatic rings. The molecule has 0 saturated heterocycles. The summed E-state index contributed by atoms with van der Waals surface area (Å²) in [6.07, 6.45) is 2.31. The van der Waals surface area contributed by atoms with Crippen molar-refractivity contribution >= 4 is 23.4 Å². The topological polar surface area (TPSA) is 67.8 Å². The normalized spacial score (nSPS) is 25.6. The minimum atomic E-state index is -0.0610. The first kappa shape index (κ1) is 16.5. The van der Waals surface area contributed by atoms with Crippen molar-refractivity contribution < 1.29 is 4.79 Å². The molecule has 2 atom stereocenters. The highest BCUT2D eigenvalue weighted by atomic mass is 32.2. The first-order chi connectivity index (χ1) is 11.9. The summed E-state index contributed by atoms with van der Waals surface area (Å²) in [4.78, 5) is 16.9. The predicted molar refractivity (Wildman–Crippen MR) is 98.7 cm³/mol. The molecule has 25 heavy (non-hydrogen) atoms. The third kappa shape index (κ3) is 2.54. The molecule has 0 radical (unpaired) electrons. The number of amides is 1. The maximum absolute atomic E-state index is 12.1. The summed E-state index contributed by atoms with van der Waals surface area (Å²) >= 11 is 1.34. The van der Waals surface area contributed by atoms with Crippen molar-refractivity contribution in [1.82, 2.24) is 15.2 Å². The van der Waals surface area contributed by atoms with Crippen LogP contribution in [-0.4, -0.2) is 26.8 Å². The highest BCUT2D eigenvalue weighted by Crippen LogP contribution is 2.66. The average molecular weight is 354 g/mol. The zero-order valence-electron chi connectivity index (χ0n) is 14.7. The van der Waals surface area contributed by atoms with Crippen molar-refractivity contribution in [3.63, 3.8) is 0 Å². The van der Waals surface area contributed by atoms with Crippen LogP contribution in [0, 0.1) is 5.41 Å². The lowest BCUT2D eigenvalue weighted by Crippen LogP contribution is -2.32. The van der Waals surface area contributed by atoms with E-state index in [4.69, 9.17) is 4.98 Å². The van der Waals surface area contributed by atoms with Gasteiger partial charge in [-0.05, 0) is 30.4 Å². The molecule has 5 nitrogen and oxygen atoms in total. The van der Waals surface area contributed by atoms with Gasteiger partial charge in [0.05, 0.1) is 17.1 Å². The second kappa shape index (κ2) is 5.80. The van der Waals surface area contributed by atoms with E-state index in [-0.39, 0.29) is 22.5 Å². The van der Waals surface area contributed by atoms with E-state index in [1.54, 1.807) is 0 Å². The van der Waals surface area contributed by atoms with E-state index in [1.165, 1.54) is 11.8 Å². The van der Waals surface area contributed by atoms with Gasteiger partial charge in [-0.15, -0.1) is 5.10 Å². The molecule has 0 spiro atoms. The molecule has 2 aromatic rings. The summed E-state index contributed by atoms with van der Waals surface area (Å²) in [7, 11) is 0. The molecule has 1 N–H and O–H groups in total. The fraction of sp³-hybridized carbons (Fsp3) is 0.474. The van der Waals surface area contributed by atoms with Gasteiger partial charge in [-0.3, -0.25) is 4.79 Å². The van der Waals surface area contributed by atoms with Crippen molar-refractivity contribution in [3.05, 3.63) is 41.7 Å². The molecular formula is C19H22N4OS. The molecule has 0 unspecified atom stereocenters. The highest BCUT2D eigenvalue weighted by Gasteiger charge is 2.61. The molecule has 1 aromatic heterocycles. The predicted octanol–water partition coefficient (Wildman–Crippen LogP) is 3.78. The quantitative estimate of drug-likeness (QED) is 0.847. The smallest absolute Gasteiger partial charge is 0.234 e. The molecule has 1 saturated carbocycles. The van der Waals surface area contributed by atoms with Gasteiger partial charge in [0.2, 0.25) is 11.1 Å². The zero-order valence-corrected chi connectivity index (χ0v) is 15.6. The number of nitrogens with zero attached hydrogens (tertiary/aromatic N) is 3. The lowest BCUT2D eigenvalue weighted by atomic mass is 9.70. The Morgan fingerprint density at radius 1 is 1.24 bits per heavy atom. The van der Waals surface area contributed by atoms with Crippen LogP contribution >= 0.6 is 11.8 Å². The van der Waals surface area contributed by atoms with Crippen LogP contribution in [0.1, 0.15) is 50.9 Å². The number of benzene rings is 1. The van der Waals surface area contributed by atoms with Crippen LogP contribution in [0.5, 0.6) is 0 Å². The third-order valence-corrected chi connectivity index (χ3v) is 7.00. The van der Waals surface area contributed by atoms with Gasteiger partial charge in [0.15, 0.2) is 0 Å². The third-order valence-electron chi connectivity index (χ3n) is 6.16. The Hall–Kier alpha value is -1.95. The molecule has 1 amide bonds. The summed E-state index contributed by atoms with van der Waals surface area (Å²) in [5.41, 5.74) is 3.20. The summed E-state index contributed by atoms with van der Waals surface area (Å²) in [6.45, 7) is 6.91. The maximum atomic E-state index is 12.1. The Bertz CT molecular complexity index is 823. The number of carbonyl (C=O) groups is 1. The van der Waals surface area contributed by atoms with E-state index in [2.05, 4.69) is 36.3 Å². The van der Waals surface area contributed by atoms with E-state index >= 15 is 0 Å². The van der Waals surface area contributed by atoms with Gasteiger partial charge in [-0.2, -0.15) is 5.10 Å². The van der Waals surface area contributed by atoms with Crippen molar-refractivity contribution in [2.75, 3.05) is 11.1 Å². The largest absolute Gasteiger partial charge is 0.325 e. The molecule has 2 bridgehead atoms. The minimum Gasteiger partial charge on any atom is -0.325 e. The van der Waals surface area contributed by atoms with E-state index in [0.29, 0.717) is 11.1 Å². The second-order valence-electron chi connectivity index (χ2n) is 7.68.